The fourth-order valence-electron chi connectivity index (χ4n) is 0.869. The van der Waals surface area contributed by atoms with Gasteiger partial charge in [-0.2, -0.15) is 0 Å². The highest BCUT2D eigenvalue weighted by Gasteiger charge is 2.04. The number of carbonyl (C=O) groups excluding carboxylic acids is 1. The van der Waals surface area contributed by atoms with E-state index in [1.54, 1.807) is 0 Å². The third-order valence-electron chi connectivity index (χ3n) is 1.76. The van der Waals surface area contributed by atoms with Crippen LogP contribution in [0, 0.1) is 5.92 Å². The Labute approximate surface area is 91.5 Å². The average molecular weight is 214 g/mol. The summed E-state index contributed by atoms with van der Waals surface area (Å²) in [5.41, 5.74) is 5.56. The summed E-state index contributed by atoms with van der Waals surface area (Å²) in [4.78, 5) is 15.2. The molecule has 0 saturated carbocycles. The molecule has 15 heavy (non-hydrogen) atoms. The van der Waals surface area contributed by atoms with Crippen molar-refractivity contribution in [2.24, 2.45) is 16.6 Å². The number of hydrogen-bond donors (Lipinski definition) is 3. The third kappa shape index (κ3) is 7.78. The van der Waals surface area contributed by atoms with Crippen molar-refractivity contribution in [3.8, 4) is 0 Å². The molecular weight excluding hydrogens is 192 g/mol. The van der Waals surface area contributed by atoms with E-state index < -0.39 is 0 Å². The first-order valence-corrected chi connectivity index (χ1v) is 5.39. The monoisotopic (exact) mass is 214 g/mol. The van der Waals surface area contributed by atoms with Crippen LogP contribution < -0.4 is 16.4 Å². The summed E-state index contributed by atoms with van der Waals surface area (Å²) in [5, 5.41) is 5.71. The quantitative estimate of drug-likeness (QED) is 0.332. The van der Waals surface area contributed by atoms with Gasteiger partial charge in [0.25, 0.3) is 0 Å². The van der Waals surface area contributed by atoms with Crippen molar-refractivity contribution >= 4 is 11.9 Å². The van der Waals surface area contributed by atoms with Crippen LogP contribution in [0.5, 0.6) is 0 Å². The van der Waals surface area contributed by atoms with Gasteiger partial charge >= 0.3 is 0 Å². The van der Waals surface area contributed by atoms with Gasteiger partial charge in [-0.05, 0) is 6.42 Å². The summed E-state index contributed by atoms with van der Waals surface area (Å²) in [6, 6.07) is 0. The number of amides is 1. The second-order valence-electron chi connectivity index (χ2n) is 3.64. The molecule has 5 heteroatoms. The van der Waals surface area contributed by atoms with Crippen LogP contribution in [0.1, 0.15) is 27.2 Å². The molecule has 0 aliphatic carbocycles. The Kier molecular flexibility index (Phi) is 7.40. The molecule has 0 radical (unpaired) electrons. The van der Waals surface area contributed by atoms with E-state index in [0.717, 1.165) is 13.0 Å². The predicted molar refractivity (Wildman–Crippen MR) is 62.6 cm³/mol. The van der Waals surface area contributed by atoms with E-state index in [-0.39, 0.29) is 11.8 Å². The van der Waals surface area contributed by atoms with Crippen LogP contribution in [0.2, 0.25) is 0 Å². The van der Waals surface area contributed by atoms with Crippen molar-refractivity contribution in [3.63, 3.8) is 0 Å². The molecule has 0 aliphatic heterocycles. The molecule has 88 valence electrons. The van der Waals surface area contributed by atoms with Gasteiger partial charge in [-0.25, -0.2) is 0 Å². The molecule has 5 nitrogen and oxygen atoms in total. The number of rotatable bonds is 6. The maximum Gasteiger partial charge on any atom is 0.222 e. The summed E-state index contributed by atoms with van der Waals surface area (Å²) in [6.07, 6.45) is 0.979. The second kappa shape index (κ2) is 8.08. The smallest absolute Gasteiger partial charge is 0.222 e. The molecule has 0 fully saturated rings. The Morgan fingerprint density at radius 2 is 1.93 bits per heavy atom. The van der Waals surface area contributed by atoms with Crippen LogP contribution in [0.4, 0.5) is 0 Å². The van der Waals surface area contributed by atoms with Crippen LogP contribution in [0.3, 0.4) is 0 Å². The van der Waals surface area contributed by atoms with Crippen LogP contribution in [0.15, 0.2) is 4.99 Å². The lowest BCUT2D eigenvalue weighted by molar-refractivity contribution is -0.123. The topological polar surface area (TPSA) is 79.5 Å². The summed E-state index contributed by atoms with van der Waals surface area (Å²) >= 11 is 0. The van der Waals surface area contributed by atoms with Crippen molar-refractivity contribution in [1.82, 2.24) is 10.6 Å². The first-order chi connectivity index (χ1) is 7.07. The normalized spacial score (nSPS) is 11.6. The Morgan fingerprint density at radius 1 is 1.33 bits per heavy atom. The summed E-state index contributed by atoms with van der Waals surface area (Å²) in [5.74, 6) is 0.521. The highest BCUT2D eigenvalue weighted by Crippen LogP contribution is 1.88. The van der Waals surface area contributed by atoms with Crippen LogP contribution >= 0.6 is 0 Å². The Bertz CT molecular complexity index is 213. The van der Waals surface area contributed by atoms with Gasteiger partial charge in [0.15, 0.2) is 5.96 Å². The number of nitrogens with one attached hydrogen (secondary N) is 2. The molecule has 0 bridgehead atoms. The minimum absolute atomic E-state index is 0.0242. The number of carbonyl (C=O) groups is 1. The predicted octanol–water partition coefficient (Wildman–Crippen LogP) is 0.0729. The maximum absolute atomic E-state index is 11.2. The van der Waals surface area contributed by atoms with Crippen molar-refractivity contribution < 1.29 is 4.79 Å². The van der Waals surface area contributed by atoms with Crippen molar-refractivity contribution in [2.45, 2.75) is 27.2 Å². The molecule has 0 atom stereocenters. The van der Waals surface area contributed by atoms with E-state index in [9.17, 15) is 4.79 Å². The summed E-state index contributed by atoms with van der Waals surface area (Å²) in [6.45, 7) is 7.67. The zero-order valence-electron chi connectivity index (χ0n) is 9.84. The standard InChI is InChI=1S/C10H22N4O/c1-4-5-13-10(11)14-7-6-12-9(15)8(2)3/h8H,4-7H2,1-3H3,(H,12,15)(H3,11,13,14). The lowest BCUT2D eigenvalue weighted by Crippen LogP contribution is -2.39. The number of nitrogens with zero attached hydrogens (tertiary/aromatic N) is 1. The van der Waals surface area contributed by atoms with Gasteiger partial charge in [0.1, 0.15) is 0 Å². The molecule has 0 saturated heterocycles. The van der Waals surface area contributed by atoms with Gasteiger partial charge < -0.3 is 16.4 Å². The first-order valence-electron chi connectivity index (χ1n) is 5.39. The van der Waals surface area contributed by atoms with Crippen molar-refractivity contribution in [3.05, 3.63) is 0 Å². The van der Waals surface area contributed by atoms with Crippen LogP contribution in [-0.2, 0) is 4.79 Å². The zero-order valence-corrected chi connectivity index (χ0v) is 9.84. The molecule has 0 rings (SSSR count). The van der Waals surface area contributed by atoms with Gasteiger partial charge in [0.05, 0.1) is 0 Å². The van der Waals surface area contributed by atoms with Gasteiger partial charge in [-0.1, -0.05) is 20.8 Å². The van der Waals surface area contributed by atoms with Gasteiger partial charge in [0.2, 0.25) is 5.91 Å². The van der Waals surface area contributed by atoms with Crippen molar-refractivity contribution in [1.29, 1.82) is 0 Å². The molecular formula is C10H22N4O. The maximum atomic E-state index is 11.2. The lowest BCUT2D eigenvalue weighted by atomic mass is 10.2. The minimum atomic E-state index is 0.0242. The fourth-order valence-corrected chi connectivity index (χ4v) is 0.869. The summed E-state index contributed by atoms with van der Waals surface area (Å²) in [7, 11) is 0. The molecule has 0 heterocycles. The van der Waals surface area contributed by atoms with Crippen LogP contribution in [0.25, 0.3) is 0 Å². The first kappa shape index (κ1) is 13.7. The molecule has 1 amide bonds. The Hall–Kier alpha value is -1.26. The van der Waals surface area contributed by atoms with E-state index in [1.807, 2.05) is 20.8 Å². The molecule has 0 aromatic carbocycles. The Balaban J connectivity index is 3.50. The second-order valence-corrected chi connectivity index (χ2v) is 3.64. The summed E-state index contributed by atoms with van der Waals surface area (Å²) < 4.78 is 0. The van der Waals surface area contributed by atoms with E-state index in [2.05, 4.69) is 15.6 Å². The fraction of sp³-hybridized carbons (Fsp3) is 0.800. The van der Waals surface area contributed by atoms with E-state index in [4.69, 9.17) is 5.73 Å². The number of aliphatic imine (C=N–C) groups is 1. The molecule has 0 spiro atoms. The minimum Gasteiger partial charge on any atom is -0.370 e. The van der Waals surface area contributed by atoms with Crippen molar-refractivity contribution in [2.75, 3.05) is 19.6 Å². The van der Waals surface area contributed by atoms with Gasteiger partial charge in [-0.3, -0.25) is 9.79 Å². The molecule has 0 unspecified atom stereocenters. The highest BCUT2D eigenvalue weighted by atomic mass is 16.1. The molecule has 4 N–H and O–H groups in total. The lowest BCUT2D eigenvalue weighted by Gasteiger charge is -2.08. The van der Waals surface area contributed by atoms with E-state index in [0.29, 0.717) is 19.0 Å². The SMILES string of the molecule is CCCN=C(N)NCCNC(=O)C(C)C. The van der Waals surface area contributed by atoms with Crippen LogP contribution in [-0.4, -0.2) is 31.5 Å². The largest absolute Gasteiger partial charge is 0.370 e. The van der Waals surface area contributed by atoms with Gasteiger partial charge in [0, 0.05) is 25.6 Å². The Morgan fingerprint density at radius 3 is 2.47 bits per heavy atom. The molecule has 0 aromatic rings. The number of hydrogen-bond acceptors (Lipinski definition) is 2. The number of guanidine groups is 1. The third-order valence-corrected chi connectivity index (χ3v) is 1.76. The zero-order chi connectivity index (χ0) is 11.7. The average Bonchev–Trinajstić information content (AvgIpc) is 2.20. The molecule has 0 aliphatic rings. The molecule has 0 aromatic heterocycles. The van der Waals surface area contributed by atoms with Gasteiger partial charge in [-0.15, -0.1) is 0 Å². The number of nitrogens with two attached hydrogens (primary N) is 1. The highest BCUT2D eigenvalue weighted by molar-refractivity contribution is 5.78. The van der Waals surface area contributed by atoms with E-state index in [1.165, 1.54) is 0 Å². The van der Waals surface area contributed by atoms with E-state index >= 15 is 0 Å².